The zero-order valence-corrected chi connectivity index (χ0v) is 12.3. The minimum absolute atomic E-state index is 0.173. The summed E-state index contributed by atoms with van der Waals surface area (Å²) in [6, 6.07) is 4.58. The highest BCUT2D eigenvalue weighted by atomic mass is 35.5. The average Bonchev–Trinajstić information content (AvgIpc) is 2.75. The average molecular weight is 334 g/mol. The minimum atomic E-state index is -0.633. The van der Waals surface area contributed by atoms with Crippen LogP contribution >= 0.6 is 34.8 Å². The van der Waals surface area contributed by atoms with Crippen molar-refractivity contribution in [2.75, 3.05) is 5.32 Å². The molecular formula is C11H7Cl3N4O2. The zero-order valence-electron chi connectivity index (χ0n) is 10.0. The first-order valence-corrected chi connectivity index (χ1v) is 6.42. The molecule has 0 unspecified atom stereocenters. The second-order valence-corrected chi connectivity index (χ2v) is 4.93. The number of benzene rings is 1. The normalized spacial score (nSPS) is 10.4. The molecule has 6 nitrogen and oxygen atoms in total. The molecule has 1 heterocycles. The van der Waals surface area contributed by atoms with E-state index in [0.717, 1.165) is 4.80 Å². The number of anilines is 1. The van der Waals surface area contributed by atoms with E-state index in [0.29, 0.717) is 10.7 Å². The van der Waals surface area contributed by atoms with Crippen molar-refractivity contribution in [3.8, 4) is 0 Å². The lowest BCUT2D eigenvalue weighted by Crippen LogP contribution is -2.15. The first-order valence-electron chi connectivity index (χ1n) is 5.28. The van der Waals surface area contributed by atoms with Gasteiger partial charge in [-0.1, -0.05) is 34.8 Å². The number of halogens is 3. The molecule has 0 aliphatic carbocycles. The molecule has 0 atom stereocenters. The Morgan fingerprint density at radius 2 is 1.90 bits per heavy atom. The lowest BCUT2D eigenvalue weighted by atomic mass is 10.3. The van der Waals surface area contributed by atoms with E-state index >= 15 is 0 Å². The van der Waals surface area contributed by atoms with Crippen LogP contribution in [0.3, 0.4) is 0 Å². The molecule has 0 fully saturated rings. The van der Waals surface area contributed by atoms with Gasteiger partial charge in [0.2, 0.25) is 0 Å². The Hall–Kier alpha value is -1.63. The van der Waals surface area contributed by atoms with Crippen molar-refractivity contribution >= 4 is 52.3 Å². The second-order valence-electron chi connectivity index (χ2n) is 3.73. The standard InChI is InChI=1S/C11H7Cl3N4O2/c1-5(19)18-16-9(10(14)17-18)11(20)15-8-3-2-6(12)4-7(8)13/h2-4H,1H3,(H,15,20). The topological polar surface area (TPSA) is 76.9 Å². The molecular weight excluding hydrogens is 327 g/mol. The summed E-state index contributed by atoms with van der Waals surface area (Å²) in [6.07, 6.45) is 0. The van der Waals surface area contributed by atoms with Crippen LogP contribution in [0.25, 0.3) is 0 Å². The Morgan fingerprint density at radius 1 is 1.20 bits per heavy atom. The first kappa shape index (κ1) is 14.8. The molecule has 104 valence electrons. The fourth-order valence-electron chi connectivity index (χ4n) is 1.34. The molecule has 0 bridgehead atoms. The van der Waals surface area contributed by atoms with Crippen LogP contribution in [0.4, 0.5) is 5.69 Å². The van der Waals surface area contributed by atoms with Crippen LogP contribution in [0.2, 0.25) is 15.2 Å². The molecule has 0 aliphatic heterocycles. The summed E-state index contributed by atoms with van der Waals surface area (Å²) < 4.78 is 0. The van der Waals surface area contributed by atoms with E-state index in [1.807, 2.05) is 0 Å². The van der Waals surface area contributed by atoms with Gasteiger partial charge in [0.15, 0.2) is 10.8 Å². The largest absolute Gasteiger partial charge is 0.319 e. The van der Waals surface area contributed by atoms with Gasteiger partial charge in [-0.3, -0.25) is 9.59 Å². The Kier molecular flexibility index (Phi) is 4.27. The molecule has 9 heteroatoms. The van der Waals surface area contributed by atoms with Gasteiger partial charge in [0, 0.05) is 11.9 Å². The maximum atomic E-state index is 12.0. The zero-order chi connectivity index (χ0) is 14.9. The fourth-order valence-corrected chi connectivity index (χ4v) is 1.99. The third-order valence-corrected chi connectivity index (χ3v) is 3.05. The highest BCUT2D eigenvalue weighted by Crippen LogP contribution is 2.26. The number of carbonyl (C=O) groups excluding carboxylic acids is 2. The molecule has 2 rings (SSSR count). The molecule has 1 amide bonds. The quantitative estimate of drug-likeness (QED) is 0.916. The maximum Gasteiger partial charge on any atom is 0.279 e. The molecule has 1 aromatic carbocycles. The van der Waals surface area contributed by atoms with Gasteiger partial charge in [-0.2, -0.15) is 0 Å². The van der Waals surface area contributed by atoms with E-state index in [2.05, 4.69) is 15.5 Å². The monoisotopic (exact) mass is 332 g/mol. The molecule has 0 saturated heterocycles. The van der Waals surface area contributed by atoms with Crippen molar-refractivity contribution in [3.63, 3.8) is 0 Å². The number of nitrogens with one attached hydrogen (secondary N) is 1. The van der Waals surface area contributed by atoms with Gasteiger partial charge in [0.05, 0.1) is 10.7 Å². The Morgan fingerprint density at radius 3 is 2.45 bits per heavy atom. The summed E-state index contributed by atoms with van der Waals surface area (Å²) in [4.78, 5) is 23.8. The number of carbonyl (C=O) groups is 2. The van der Waals surface area contributed by atoms with Gasteiger partial charge in [0.1, 0.15) is 0 Å². The summed E-state index contributed by atoms with van der Waals surface area (Å²) in [7, 11) is 0. The van der Waals surface area contributed by atoms with Crippen molar-refractivity contribution in [2.24, 2.45) is 0 Å². The molecule has 0 spiro atoms. The minimum Gasteiger partial charge on any atom is -0.319 e. The molecule has 0 radical (unpaired) electrons. The van der Waals surface area contributed by atoms with Crippen LogP contribution in [-0.2, 0) is 0 Å². The number of rotatable bonds is 2. The fraction of sp³-hybridized carbons (Fsp3) is 0.0909. The van der Waals surface area contributed by atoms with Gasteiger partial charge in [0.25, 0.3) is 11.8 Å². The molecule has 1 aromatic heterocycles. The number of amides is 1. The Balaban J connectivity index is 2.26. The number of aromatic nitrogens is 3. The Bertz CT molecular complexity index is 699. The second kappa shape index (κ2) is 5.78. The van der Waals surface area contributed by atoms with E-state index in [1.165, 1.54) is 19.1 Å². The summed E-state index contributed by atoms with van der Waals surface area (Å²) in [5, 5.41) is 10.3. The van der Waals surface area contributed by atoms with E-state index in [4.69, 9.17) is 34.8 Å². The third kappa shape index (κ3) is 3.09. The van der Waals surface area contributed by atoms with Crippen LogP contribution in [-0.4, -0.2) is 26.8 Å². The van der Waals surface area contributed by atoms with Crippen molar-refractivity contribution in [1.29, 1.82) is 0 Å². The molecule has 1 N–H and O–H groups in total. The lowest BCUT2D eigenvalue weighted by Gasteiger charge is -2.05. The van der Waals surface area contributed by atoms with E-state index in [-0.39, 0.29) is 15.9 Å². The van der Waals surface area contributed by atoms with E-state index in [1.54, 1.807) is 6.07 Å². The van der Waals surface area contributed by atoms with Crippen molar-refractivity contribution in [1.82, 2.24) is 15.0 Å². The maximum absolute atomic E-state index is 12.0. The van der Waals surface area contributed by atoms with Crippen LogP contribution in [0, 0.1) is 0 Å². The predicted octanol–water partition coefficient (Wildman–Crippen LogP) is 3.15. The van der Waals surface area contributed by atoms with Crippen molar-refractivity contribution in [2.45, 2.75) is 6.92 Å². The van der Waals surface area contributed by atoms with Crippen LogP contribution in [0.1, 0.15) is 22.2 Å². The Labute approximate surface area is 128 Å². The predicted molar refractivity (Wildman–Crippen MR) is 75.7 cm³/mol. The summed E-state index contributed by atoms with van der Waals surface area (Å²) in [6.45, 7) is 1.24. The molecule has 0 aliphatic rings. The van der Waals surface area contributed by atoms with Crippen LogP contribution in [0.15, 0.2) is 18.2 Å². The number of hydrogen-bond donors (Lipinski definition) is 1. The van der Waals surface area contributed by atoms with Crippen molar-refractivity contribution < 1.29 is 9.59 Å². The number of hydrogen-bond acceptors (Lipinski definition) is 4. The highest BCUT2D eigenvalue weighted by molar-refractivity contribution is 6.37. The van der Waals surface area contributed by atoms with Gasteiger partial charge in [-0.05, 0) is 18.2 Å². The third-order valence-electron chi connectivity index (χ3n) is 2.25. The first-order chi connectivity index (χ1) is 9.38. The SMILES string of the molecule is CC(=O)n1nc(Cl)c(C(=O)Nc2ccc(Cl)cc2Cl)n1. The smallest absolute Gasteiger partial charge is 0.279 e. The molecule has 0 saturated carbocycles. The molecule has 2 aromatic rings. The molecule has 20 heavy (non-hydrogen) atoms. The van der Waals surface area contributed by atoms with E-state index in [9.17, 15) is 9.59 Å². The summed E-state index contributed by atoms with van der Waals surface area (Å²) >= 11 is 17.4. The highest BCUT2D eigenvalue weighted by Gasteiger charge is 2.19. The van der Waals surface area contributed by atoms with Gasteiger partial charge in [-0.15, -0.1) is 15.0 Å². The van der Waals surface area contributed by atoms with Gasteiger partial charge < -0.3 is 5.32 Å². The van der Waals surface area contributed by atoms with Crippen molar-refractivity contribution in [3.05, 3.63) is 39.1 Å². The van der Waals surface area contributed by atoms with Gasteiger partial charge in [-0.25, -0.2) is 0 Å². The summed E-state index contributed by atoms with van der Waals surface area (Å²) in [5.74, 6) is -1.10. The lowest BCUT2D eigenvalue weighted by molar-refractivity contribution is 0.0902. The van der Waals surface area contributed by atoms with Crippen LogP contribution in [0.5, 0.6) is 0 Å². The summed E-state index contributed by atoms with van der Waals surface area (Å²) in [5.41, 5.74) is 0.169. The number of nitrogens with zero attached hydrogens (tertiary/aromatic N) is 3. The van der Waals surface area contributed by atoms with Gasteiger partial charge >= 0.3 is 0 Å². The van der Waals surface area contributed by atoms with Crippen LogP contribution < -0.4 is 5.32 Å². The van der Waals surface area contributed by atoms with E-state index < -0.39 is 11.8 Å².